The lowest BCUT2D eigenvalue weighted by Crippen LogP contribution is -2.56. The molecule has 0 radical (unpaired) electrons. The lowest BCUT2D eigenvalue weighted by molar-refractivity contribution is 0.283. The third-order valence-electron chi connectivity index (χ3n) is 6.51. The Hall–Kier alpha value is -1.06. The number of hydrogen-bond acceptors (Lipinski definition) is 3. The van der Waals surface area contributed by atoms with Crippen molar-refractivity contribution in [3.63, 3.8) is 0 Å². The van der Waals surface area contributed by atoms with Crippen LogP contribution in [-0.4, -0.2) is 38.8 Å². The number of piperidine rings is 1. The molecule has 24 heavy (non-hydrogen) atoms. The first-order chi connectivity index (χ1) is 11.9. The van der Waals surface area contributed by atoms with Gasteiger partial charge in [-0.15, -0.1) is 0 Å². The average molecular weight is 328 g/mol. The predicted molar refractivity (Wildman–Crippen MR) is 102 cm³/mol. The van der Waals surface area contributed by atoms with Crippen LogP contribution in [0.15, 0.2) is 24.3 Å². The minimum atomic E-state index is 0.668. The smallest absolute Gasteiger partial charge is 0.0444 e. The van der Waals surface area contributed by atoms with Crippen molar-refractivity contribution < 1.29 is 0 Å². The van der Waals surface area contributed by atoms with Crippen molar-refractivity contribution in [1.82, 2.24) is 10.6 Å². The van der Waals surface area contributed by atoms with E-state index < -0.39 is 0 Å². The van der Waals surface area contributed by atoms with Crippen LogP contribution in [0.25, 0.3) is 0 Å². The van der Waals surface area contributed by atoms with Crippen LogP contribution >= 0.6 is 0 Å². The van der Waals surface area contributed by atoms with E-state index in [2.05, 4.69) is 39.8 Å². The van der Waals surface area contributed by atoms with Crippen LogP contribution in [0, 0.1) is 5.92 Å². The Bertz CT molecular complexity index is 500. The fourth-order valence-electron chi connectivity index (χ4n) is 5.07. The second-order valence-electron chi connectivity index (χ2n) is 7.98. The minimum Gasteiger partial charge on any atom is -0.366 e. The van der Waals surface area contributed by atoms with Crippen molar-refractivity contribution in [2.24, 2.45) is 5.92 Å². The molecule has 1 aromatic rings. The summed E-state index contributed by atoms with van der Waals surface area (Å²) >= 11 is 0. The van der Waals surface area contributed by atoms with Gasteiger partial charge < -0.3 is 15.5 Å². The monoisotopic (exact) mass is 327 g/mol. The van der Waals surface area contributed by atoms with E-state index in [9.17, 15) is 0 Å². The fourth-order valence-corrected chi connectivity index (χ4v) is 5.07. The number of anilines is 1. The molecule has 0 aromatic heterocycles. The summed E-state index contributed by atoms with van der Waals surface area (Å²) in [5.74, 6) is 1.65. The molecule has 3 aliphatic rings. The molecular weight excluding hydrogens is 294 g/mol. The molecule has 0 amide bonds. The zero-order chi connectivity index (χ0) is 16.2. The van der Waals surface area contributed by atoms with Crippen molar-refractivity contribution in [2.45, 2.75) is 56.9 Å². The van der Waals surface area contributed by atoms with E-state index in [1.54, 1.807) is 5.56 Å². The number of benzene rings is 1. The molecule has 1 aromatic carbocycles. The molecular formula is C21H33N3. The quantitative estimate of drug-likeness (QED) is 0.889. The van der Waals surface area contributed by atoms with Crippen molar-refractivity contribution in [3.8, 4) is 0 Å². The van der Waals surface area contributed by atoms with Gasteiger partial charge >= 0.3 is 0 Å². The lowest BCUT2D eigenvalue weighted by Gasteiger charge is -2.43. The van der Waals surface area contributed by atoms with E-state index in [0.717, 1.165) is 31.5 Å². The molecule has 3 nitrogen and oxygen atoms in total. The first kappa shape index (κ1) is 16.4. The molecule has 132 valence electrons. The van der Waals surface area contributed by atoms with Gasteiger partial charge in [-0.1, -0.05) is 31.4 Å². The van der Waals surface area contributed by atoms with Gasteiger partial charge in [-0.25, -0.2) is 0 Å². The van der Waals surface area contributed by atoms with Crippen LogP contribution in [0.5, 0.6) is 0 Å². The number of hydrogen-bond donors (Lipinski definition) is 2. The van der Waals surface area contributed by atoms with E-state index in [1.165, 1.54) is 63.7 Å². The highest BCUT2D eigenvalue weighted by Crippen LogP contribution is 2.34. The standard InChI is InChI=1S/C21H33N3/c1-2-4-17(5-3-1)18-6-8-20(9-7-18)24-15-14-23-16-21(24)19-10-12-22-13-11-19/h6-9,17,19,21-23H,1-5,10-16H2. The lowest BCUT2D eigenvalue weighted by atomic mass is 9.84. The zero-order valence-corrected chi connectivity index (χ0v) is 15.0. The van der Waals surface area contributed by atoms with Crippen molar-refractivity contribution in [3.05, 3.63) is 29.8 Å². The first-order valence-corrected chi connectivity index (χ1v) is 10.2. The third-order valence-corrected chi connectivity index (χ3v) is 6.51. The van der Waals surface area contributed by atoms with Crippen molar-refractivity contribution in [1.29, 1.82) is 0 Å². The molecule has 1 unspecified atom stereocenters. The predicted octanol–water partition coefficient (Wildman–Crippen LogP) is 3.51. The van der Waals surface area contributed by atoms with Gasteiger partial charge in [0.1, 0.15) is 0 Å². The van der Waals surface area contributed by atoms with Crippen LogP contribution in [0.4, 0.5) is 5.69 Å². The molecule has 0 spiro atoms. The van der Waals surface area contributed by atoms with E-state index >= 15 is 0 Å². The second kappa shape index (κ2) is 7.88. The van der Waals surface area contributed by atoms with Crippen molar-refractivity contribution >= 4 is 5.69 Å². The third kappa shape index (κ3) is 3.62. The van der Waals surface area contributed by atoms with Crippen molar-refractivity contribution in [2.75, 3.05) is 37.6 Å². The Morgan fingerprint density at radius 1 is 0.792 bits per heavy atom. The van der Waals surface area contributed by atoms with Gasteiger partial charge in [0.2, 0.25) is 0 Å². The van der Waals surface area contributed by atoms with Gasteiger partial charge in [-0.05, 0) is 68.3 Å². The first-order valence-electron chi connectivity index (χ1n) is 10.2. The fraction of sp³-hybridized carbons (Fsp3) is 0.714. The molecule has 1 saturated carbocycles. The Kier molecular flexibility index (Phi) is 5.39. The maximum Gasteiger partial charge on any atom is 0.0444 e. The molecule has 0 bridgehead atoms. The number of piperazine rings is 1. The van der Waals surface area contributed by atoms with Gasteiger partial charge in [-0.3, -0.25) is 0 Å². The van der Waals surface area contributed by atoms with E-state index in [-0.39, 0.29) is 0 Å². The van der Waals surface area contributed by atoms with E-state index in [4.69, 9.17) is 0 Å². The van der Waals surface area contributed by atoms with Crippen LogP contribution in [0.2, 0.25) is 0 Å². The number of rotatable bonds is 3. The number of nitrogens with one attached hydrogen (secondary N) is 2. The highest BCUT2D eigenvalue weighted by Gasteiger charge is 2.31. The van der Waals surface area contributed by atoms with Gasteiger partial charge in [0.25, 0.3) is 0 Å². The normalized spacial score (nSPS) is 27.3. The van der Waals surface area contributed by atoms with Gasteiger partial charge in [0, 0.05) is 31.4 Å². The van der Waals surface area contributed by atoms with Gasteiger partial charge in [-0.2, -0.15) is 0 Å². The molecule has 2 N–H and O–H groups in total. The summed E-state index contributed by atoms with van der Waals surface area (Å²) in [5, 5.41) is 7.15. The summed E-state index contributed by atoms with van der Waals surface area (Å²) in [5.41, 5.74) is 3.02. The summed E-state index contributed by atoms with van der Waals surface area (Å²) in [4.78, 5) is 2.69. The molecule has 1 atom stereocenters. The maximum absolute atomic E-state index is 3.63. The van der Waals surface area contributed by atoms with E-state index in [1.807, 2.05) is 0 Å². The second-order valence-corrected chi connectivity index (χ2v) is 7.98. The highest BCUT2D eigenvalue weighted by atomic mass is 15.2. The Labute approximate surface area is 147 Å². The molecule has 2 saturated heterocycles. The largest absolute Gasteiger partial charge is 0.366 e. The topological polar surface area (TPSA) is 27.3 Å². The molecule has 2 heterocycles. The van der Waals surface area contributed by atoms with Crippen LogP contribution in [0.1, 0.15) is 56.4 Å². The Morgan fingerprint density at radius 2 is 1.54 bits per heavy atom. The van der Waals surface area contributed by atoms with E-state index in [0.29, 0.717) is 6.04 Å². The molecule has 4 rings (SSSR count). The Morgan fingerprint density at radius 3 is 2.29 bits per heavy atom. The van der Waals surface area contributed by atoms with Crippen LogP contribution in [0.3, 0.4) is 0 Å². The molecule has 3 heteroatoms. The molecule has 1 aliphatic carbocycles. The zero-order valence-electron chi connectivity index (χ0n) is 15.0. The summed E-state index contributed by atoms with van der Waals surface area (Å²) in [6.45, 7) is 5.80. The summed E-state index contributed by atoms with van der Waals surface area (Å²) in [7, 11) is 0. The highest BCUT2D eigenvalue weighted by molar-refractivity contribution is 5.50. The van der Waals surface area contributed by atoms with Crippen LogP contribution in [-0.2, 0) is 0 Å². The summed E-state index contributed by atoms with van der Waals surface area (Å²) < 4.78 is 0. The molecule has 2 aliphatic heterocycles. The van der Waals surface area contributed by atoms with Gasteiger partial charge in [0.15, 0.2) is 0 Å². The average Bonchev–Trinajstić information content (AvgIpc) is 2.69. The molecule has 3 fully saturated rings. The minimum absolute atomic E-state index is 0.668. The van der Waals surface area contributed by atoms with Gasteiger partial charge in [0.05, 0.1) is 0 Å². The maximum atomic E-state index is 3.63. The summed E-state index contributed by atoms with van der Waals surface area (Å²) in [6.07, 6.45) is 9.71. The Balaban J connectivity index is 1.47. The summed E-state index contributed by atoms with van der Waals surface area (Å²) in [6, 6.07) is 10.3. The van der Waals surface area contributed by atoms with Crippen LogP contribution < -0.4 is 15.5 Å². The SMILES string of the molecule is c1cc(N2CCNCC2C2CCNCC2)ccc1C1CCCCC1. The number of nitrogens with zero attached hydrogens (tertiary/aromatic N) is 1.